The second kappa shape index (κ2) is 8.04. The Balaban J connectivity index is 1.94. The first-order chi connectivity index (χ1) is 7.74. The first-order valence-electron chi connectivity index (χ1n) is 6.79. The summed E-state index contributed by atoms with van der Waals surface area (Å²) in [6.07, 6.45) is 3.56. The van der Waals surface area contributed by atoms with Crippen molar-refractivity contribution < 1.29 is 4.74 Å². The minimum Gasteiger partial charge on any atom is -0.381 e. The zero-order valence-electron chi connectivity index (χ0n) is 11.2. The molecule has 0 radical (unpaired) electrons. The van der Waals surface area contributed by atoms with E-state index in [-0.39, 0.29) is 0 Å². The van der Waals surface area contributed by atoms with E-state index in [1.165, 1.54) is 19.5 Å². The fraction of sp³-hybridized carbons (Fsp3) is 1.00. The smallest absolute Gasteiger partial charge is 0.0478 e. The number of nitrogens with one attached hydrogen (secondary N) is 1. The highest BCUT2D eigenvalue weighted by molar-refractivity contribution is 4.82. The van der Waals surface area contributed by atoms with Gasteiger partial charge in [0.2, 0.25) is 0 Å². The summed E-state index contributed by atoms with van der Waals surface area (Å²) in [6.45, 7) is 12.1. The molecule has 0 amide bonds. The lowest BCUT2D eigenvalue weighted by Crippen LogP contribution is -2.35. The average Bonchev–Trinajstić information content (AvgIpc) is 2.72. The molecule has 0 aromatic rings. The molecule has 0 bridgehead atoms. The first kappa shape index (κ1) is 13.9. The summed E-state index contributed by atoms with van der Waals surface area (Å²) in [5.74, 6) is 0. The Hall–Kier alpha value is -0.120. The van der Waals surface area contributed by atoms with Crippen LogP contribution in [-0.2, 0) is 4.74 Å². The van der Waals surface area contributed by atoms with Gasteiger partial charge in [0.05, 0.1) is 0 Å². The molecule has 1 fully saturated rings. The van der Waals surface area contributed by atoms with Gasteiger partial charge in [-0.3, -0.25) is 4.90 Å². The van der Waals surface area contributed by atoms with Gasteiger partial charge in [-0.2, -0.15) is 0 Å². The van der Waals surface area contributed by atoms with Crippen LogP contribution in [0.1, 0.15) is 40.0 Å². The maximum atomic E-state index is 5.46. The second-order valence-corrected chi connectivity index (χ2v) is 4.99. The Kier molecular flexibility index (Phi) is 7.01. The third kappa shape index (κ3) is 5.28. The van der Waals surface area contributed by atoms with Crippen molar-refractivity contribution >= 4 is 0 Å². The summed E-state index contributed by atoms with van der Waals surface area (Å²) in [5, 5.41) is 3.62. The highest BCUT2D eigenvalue weighted by Crippen LogP contribution is 2.11. The van der Waals surface area contributed by atoms with Gasteiger partial charge >= 0.3 is 0 Å². The highest BCUT2D eigenvalue weighted by Gasteiger charge is 2.23. The predicted molar refractivity (Wildman–Crippen MR) is 68.8 cm³/mol. The van der Waals surface area contributed by atoms with Crippen LogP contribution < -0.4 is 5.32 Å². The van der Waals surface area contributed by atoms with Crippen molar-refractivity contribution in [3.63, 3.8) is 0 Å². The fourth-order valence-corrected chi connectivity index (χ4v) is 2.15. The average molecular weight is 228 g/mol. The monoisotopic (exact) mass is 228 g/mol. The second-order valence-electron chi connectivity index (χ2n) is 4.99. The van der Waals surface area contributed by atoms with E-state index in [1.54, 1.807) is 0 Å². The number of hydrogen-bond donors (Lipinski definition) is 1. The Morgan fingerprint density at radius 1 is 1.38 bits per heavy atom. The van der Waals surface area contributed by atoms with Gasteiger partial charge in [-0.25, -0.2) is 0 Å². The van der Waals surface area contributed by atoms with Crippen LogP contribution in [0.4, 0.5) is 0 Å². The van der Waals surface area contributed by atoms with Crippen LogP contribution in [0.3, 0.4) is 0 Å². The summed E-state index contributed by atoms with van der Waals surface area (Å²) >= 11 is 0. The minimum absolute atomic E-state index is 0.694. The zero-order valence-corrected chi connectivity index (χ0v) is 11.2. The molecular weight excluding hydrogens is 200 g/mol. The van der Waals surface area contributed by atoms with Crippen molar-refractivity contribution in [3.8, 4) is 0 Å². The number of rotatable bonds is 8. The van der Waals surface area contributed by atoms with E-state index in [9.17, 15) is 0 Å². The molecule has 0 aromatic carbocycles. The summed E-state index contributed by atoms with van der Waals surface area (Å²) in [6, 6.07) is 1.40. The molecule has 1 heterocycles. The third-order valence-electron chi connectivity index (χ3n) is 3.20. The van der Waals surface area contributed by atoms with Crippen molar-refractivity contribution in [3.05, 3.63) is 0 Å². The van der Waals surface area contributed by atoms with E-state index in [1.807, 2.05) is 0 Å². The molecule has 1 saturated heterocycles. The molecule has 1 rings (SSSR count). The van der Waals surface area contributed by atoms with Crippen molar-refractivity contribution in [1.82, 2.24) is 10.2 Å². The Labute approximate surface area is 101 Å². The normalized spacial score (nSPS) is 22.1. The largest absolute Gasteiger partial charge is 0.381 e. The SMILES string of the molecule is CCCOCCCNC1CCN(C(C)C)C1. The van der Waals surface area contributed by atoms with Crippen LogP contribution >= 0.6 is 0 Å². The van der Waals surface area contributed by atoms with E-state index in [0.29, 0.717) is 12.1 Å². The molecular formula is C13H28N2O. The van der Waals surface area contributed by atoms with Gasteiger partial charge in [-0.1, -0.05) is 6.92 Å². The molecule has 96 valence electrons. The van der Waals surface area contributed by atoms with Crippen LogP contribution in [0.5, 0.6) is 0 Å². The van der Waals surface area contributed by atoms with Crippen molar-refractivity contribution in [2.24, 2.45) is 0 Å². The van der Waals surface area contributed by atoms with Crippen LogP contribution in [0.25, 0.3) is 0 Å². The highest BCUT2D eigenvalue weighted by atomic mass is 16.5. The molecule has 1 N–H and O–H groups in total. The molecule has 0 aliphatic carbocycles. The summed E-state index contributed by atoms with van der Waals surface area (Å²) in [4.78, 5) is 2.55. The maximum Gasteiger partial charge on any atom is 0.0478 e. The molecule has 0 aromatic heterocycles. The number of hydrogen-bond acceptors (Lipinski definition) is 3. The molecule has 0 saturated carbocycles. The minimum atomic E-state index is 0.694. The van der Waals surface area contributed by atoms with E-state index in [4.69, 9.17) is 4.74 Å². The van der Waals surface area contributed by atoms with Crippen molar-refractivity contribution in [2.45, 2.75) is 52.1 Å². The topological polar surface area (TPSA) is 24.5 Å². The van der Waals surface area contributed by atoms with E-state index in [2.05, 4.69) is 31.0 Å². The molecule has 16 heavy (non-hydrogen) atoms. The summed E-state index contributed by atoms with van der Waals surface area (Å²) in [5.41, 5.74) is 0. The quantitative estimate of drug-likeness (QED) is 0.642. The standard InChI is InChI=1S/C13H28N2O/c1-4-9-16-10-5-7-14-13-6-8-15(11-13)12(2)3/h12-14H,4-11H2,1-3H3. The van der Waals surface area contributed by atoms with Gasteiger partial charge < -0.3 is 10.1 Å². The van der Waals surface area contributed by atoms with Gasteiger partial charge in [-0.15, -0.1) is 0 Å². The lowest BCUT2D eigenvalue weighted by atomic mass is 10.2. The lowest BCUT2D eigenvalue weighted by Gasteiger charge is -2.20. The summed E-state index contributed by atoms with van der Waals surface area (Å²) < 4.78 is 5.46. The first-order valence-corrected chi connectivity index (χ1v) is 6.79. The Morgan fingerprint density at radius 3 is 2.81 bits per heavy atom. The summed E-state index contributed by atoms with van der Waals surface area (Å²) in [7, 11) is 0. The van der Waals surface area contributed by atoms with E-state index >= 15 is 0 Å². The Morgan fingerprint density at radius 2 is 2.19 bits per heavy atom. The zero-order chi connectivity index (χ0) is 11.8. The Bertz CT molecular complexity index is 173. The van der Waals surface area contributed by atoms with Crippen molar-refractivity contribution in [2.75, 3.05) is 32.8 Å². The van der Waals surface area contributed by atoms with Crippen LogP contribution in [0.15, 0.2) is 0 Å². The van der Waals surface area contributed by atoms with E-state index in [0.717, 1.165) is 32.6 Å². The molecule has 3 heteroatoms. The molecule has 1 unspecified atom stereocenters. The third-order valence-corrected chi connectivity index (χ3v) is 3.20. The molecule has 1 atom stereocenters. The van der Waals surface area contributed by atoms with Gasteiger partial charge in [0.15, 0.2) is 0 Å². The van der Waals surface area contributed by atoms with Crippen LogP contribution in [-0.4, -0.2) is 49.8 Å². The van der Waals surface area contributed by atoms with Gasteiger partial charge in [0.1, 0.15) is 0 Å². The van der Waals surface area contributed by atoms with Crippen molar-refractivity contribution in [1.29, 1.82) is 0 Å². The van der Waals surface area contributed by atoms with Crippen LogP contribution in [0, 0.1) is 0 Å². The van der Waals surface area contributed by atoms with Crippen LogP contribution in [0.2, 0.25) is 0 Å². The molecule has 1 aliphatic heterocycles. The maximum absolute atomic E-state index is 5.46. The molecule has 3 nitrogen and oxygen atoms in total. The fourth-order valence-electron chi connectivity index (χ4n) is 2.15. The number of nitrogens with zero attached hydrogens (tertiary/aromatic N) is 1. The predicted octanol–water partition coefficient (Wildman–Crippen LogP) is 1.88. The number of ether oxygens (including phenoxy) is 1. The molecule has 0 spiro atoms. The number of likely N-dealkylation sites (tertiary alicyclic amines) is 1. The lowest BCUT2D eigenvalue weighted by molar-refractivity contribution is 0.131. The van der Waals surface area contributed by atoms with Gasteiger partial charge in [0, 0.05) is 31.8 Å². The van der Waals surface area contributed by atoms with E-state index < -0.39 is 0 Å². The molecule has 1 aliphatic rings. The van der Waals surface area contributed by atoms with Gasteiger partial charge in [0.25, 0.3) is 0 Å². The van der Waals surface area contributed by atoms with Gasteiger partial charge in [-0.05, 0) is 46.2 Å².